The van der Waals surface area contributed by atoms with Gasteiger partial charge in [0.15, 0.2) is 0 Å². The molecule has 3 aromatic heterocycles. The van der Waals surface area contributed by atoms with E-state index in [-0.39, 0.29) is 29.4 Å². The molecule has 2 N–H and O–H groups in total. The van der Waals surface area contributed by atoms with Gasteiger partial charge in [-0.1, -0.05) is 0 Å². The van der Waals surface area contributed by atoms with Crippen molar-refractivity contribution in [3.63, 3.8) is 0 Å². The normalized spacial score (nSPS) is 15.6. The Labute approximate surface area is 183 Å². The summed E-state index contributed by atoms with van der Waals surface area (Å²) in [5.74, 6) is -1.50. The quantitative estimate of drug-likeness (QED) is 0.460. The molecule has 1 aliphatic heterocycles. The van der Waals surface area contributed by atoms with Crippen molar-refractivity contribution in [2.75, 3.05) is 19.4 Å². The van der Waals surface area contributed by atoms with Crippen molar-refractivity contribution in [2.45, 2.75) is 12.2 Å². The van der Waals surface area contributed by atoms with Gasteiger partial charge in [-0.15, -0.1) is 0 Å². The Morgan fingerprint density at radius 3 is 2.73 bits per heavy atom. The van der Waals surface area contributed by atoms with E-state index in [0.29, 0.717) is 21.9 Å². The molecule has 8 nitrogen and oxygen atoms in total. The van der Waals surface area contributed by atoms with Gasteiger partial charge in [-0.3, -0.25) is 9.48 Å². The summed E-state index contributed by atoms with van der Waals surface area (Å²) < 4.78 is 60.6. The number of anilines is 1. The summed E-state index contributed by atoms with van der Waals surface area (Å²) >= 11 is 0. The first-order chi connectivity index (χ1) is 15.6. The highest BCUT2D eigenvalue weighted by Gasteiger charge is 2.37. The zero-order valence-electron chi connectivity index (χ0n) is 17.3. The number of nitrogens with zero attached hydrogens (tertiary/aromatic N) is 5. The second kappa shape index (κ2) is 7.02. The number of amides is 1. The topological polar surface area (TPSA) is 99.2 Å². The molecule has 0 fully saturated rings. The number of ether oxygens (including phenoxy) is 1. The molecule has 4 heterocycles. The summed E-state index contributed by atoms with van der Waals surface area (Å²) in [5, 5.41) is 5.20. The van der Waals surface area contributed by atoms with Gasteiger partial charge < -0.3 is 15.4 Å². The molecule has 1 aromatic carbocycles. The predicted octanol–water partition coefficient (Wildman–Crippen LogP) is 3.46. The lowest BCUT2D eigenvalue weighted by Crippen LogP contribution is -2.32. The van der Waals surface area contributed by atoms with Crippen molar-refractivity contribution in [3.05, 3.63) is 53.1 Å². The lowest BCUT2D eigenvalue weighted by Gasteiger charge is -2.24. The Bertz CT molecular complexity index is 1450. The minimum absolute atomic E-state index is 0.106. The smallest absolute Gasteiger partial charge is 0.433 e. The summed E-state index contributed by atoms with van der Waals surface area (Å²) in [6, 6.07) is 3.80. The van der Waals surface area contributed by atoms with E-state index in [4.69, 9.17) is 10.5 Å². The van der Waals surface area contributed by atoms with Crippen molar-refractivity contribution in [3.8, 4) is 5.88 Å². The van der Waals surface area contributed by atoms with Gasteiger partial charge in [-0.2, -0.15) is 18.3 Å². The molecular formula is C21H16F4N6O2. The highest BCUT2D eigenvalue weighted by Crippen LogP contribution is 2.38. The molecular weight excluding hydrogens is 444 g/mol. The number of aryl methyl sites for hydroxylation is 1. The summed E-state index contributed by atoms with van der Waals surface area (Å²) in [7, 11) is 3.11. The largest absolute Gasteiger partial charge is 0.475 e. The number of pyridine rings is 2. The number of carbonyl (C=O) groups is 1. The van der Waals surface area contributed by atoms with E-state index < -0.39 is 29.6 Å². The van der Waals surface area contributed by atoms with Gasteiger partial charge in [-0.25, -0.2) is 14.4 Å². The Morgan fingerprint density at radius 2 is 2.00 bits per heavy atom. The van der Waals surface area contributed by atoms with Crippen molar-refractivity contribution < 1.29 is 27.1 Å². The molecule has 0 saturated heterocycles. The van der Waals surface area contributed by atoms with Crippen LogP contribution in [-0.4, -0.2) is 44.2 Å². The lowest BCUT2D eigenvalue weighted by atomic mass is 10.0. The molecule has 1 amide bonds. The maximum absolute atomic E-state index is 14.9. The lowest BCUT2D eigenvalue weighted by molar-refractivity contribution is -0.141. The monoisotopic (exact) mass is 460 g/mol. The van der Waals surface area contributed by atoms with Crippen LogP contribution in [0.25, 0.3) is 21.8 Å². The van der Waals surface area contributed by atoms with Crippen molar-refractivity contribution >= 4 is 33.5 Å². The Kier molecular flexibility index (Phi) is 4.45. The average molecular weight is 460 g/mol. The fraction of sp³-hybridized carbons (Fsp3) is 0.238. The van der Waals surface area contributed by atoms with E-state index >= 15 is 0 Å². The third kappa shape index (κ3) is 3.20. The molecule has 33 heavy (non-hydrogen) atoms. The fourth-order valence-electron chi connectivity index (χ4n) is 4.02. The van der Waals surface area contributed by atoms with E-state index in [0.717, 1.165) is 12.1 Å². The maximum atomic E-state index is 14.9. The summed E-state index contributed by atoms with van der Waals surface area (Å²) in [6.45, 7) is -0.106. The first-order valence-corrected chi connectivity index (χ1v) is 9.74. The summed E-state index contributed by atoms with van der Waals surface area (Å²) in [4.78, 5) is 22.1. The van der Waals surface area contributed by atoms with Gasteiger partial charge in [-0.05, 0) is 18.2 Å². The number of aromatic nitrogens is 4. The minimum atomic E-state index is -4.62. The van der Waals surface area contributed by atoms with Gasteiger partial charge >= 0.3 is 6.18 Å². The van der Waals surface area contributed by atoms with E-state index in [1.165, 1.54) is 30.3 Å². The predicted molar refractivity (Wildman–Crippen MR) is 110 cm³/mol. The molecule has 0 aliphatic carbocycles. The highest BCUT2D eigenvalue weighted by molar-refractivity contribution is 6.10. The molecule has 5 rings (SSSR count). The average Bonchev–Trinajstić information content (AvgIpc) is 3.36. The minimum Gasteiger partial charge on any atom is -0.475 e. The molecule has 170 valence electrons. The van der Waals surface area contributed by atoms with Crippen LogP contribution in [0.15, 0.2) is 30.5 Å². The zero-order valence-corrected chi connectivity index (χ0v) is 17.3. The van der Waals surface area contributed by atoms with Gasteiger partial charge in [0.1, 0.15) is 23.9 Å². The van der Waals surface area contributed by atoms with Gasteiger partial charge in [0.05, 0.1) is 34.2 Å². The SMILES string of the molecule is CN(C(=O)c1cc2c(cc1F)nc(N)c1cnn(C)c12)[C@H]1COc2nc(C(F)(F)F)ccc21. The molecule has 4 aromatic rings. The standard InChI is InChI=1S/C21H16F4N6O2/c1-30(15-8-33-19-9(15)3-4-16(29-19)21(23,24)25)20(32)10-5-11-14(6-13(10)22)28-18(26)12-7-27-31(2)17(11)12/h3-7,15H,8H2,1-2H3,(H2,26,28)/t15-/m0/s1. The number of rotatable bonds is 2. The van der Waals surface area contributed by atoms with Crippen LogP contribution >= 0.6 is 0 Å². The number of nitrogens with two attached hydrogens (primary N) is 1. The van der Waals surface area contributed by atoms with Crippen LogP contribution in [-0.2, 0) is 13.2 Å². The third-order valence-electron chi connectivity index (χ3n) is 5.73. The van der Waals surface area contributed by atoms with Crippen LogP contribution in [0, 0.1) is 5.82 Å². The van der Waals surface area contributed by atoms with Crippen LogP contribution in [0.4, 0.5) is 23.4 Å². The Hall–Kier alpha value is -3.96. The van der Waals surface area contributed by atoms with Crippen LogP contribution in [0.1, 0.15) is 27.7 Å². The second-order valence-electron chi connectivity index (χ2n) is 7.71. The molecule has 1 aliphatic rings. The summed E-state index contributed by atoms with van der Waals surface area (Å²) in [5.41, 5.74) is 5.78. The molecule has 0 bridgehead atoms. The van der Waals surface area contributed by atoms with Gasteiger partial charge in [0, 0.05) is 31.1 Å². The Balaban J connectivity index is 1.55. The maximum Gasteiger partial charge on any atom is 0.433 e. The number of halogens is 4. The fourth-order valence-corrected chi connectivity index (χ4v) is 4.02. The Morgan fingerprint density at radius 1 is 1.24 bits per heavy atom. The van der Waals surface area contributed by atoms with E-state index in [1.807, 2.05) is 0 Å². The van der Waals surface area contributed by atoms with Gasteiger partial charge in [0.25, 0.3) is 5.91 Å². The zero-order chi connectivity index (χ0) is 23.7. The van der Waals surface area contributed by atoms with Crippen molar-refractivity contribution in [2.24, 2.45) is 7.05 Å². The molecule has 0 radical (unpaired) electrons. The van der Waals surface area contributed by atoms with Crippen LogP contribution in [0.2, 0.25) is 0 Å². The van der Waals surface area contributed by atoms with Crippen molar-refractivity contribution in [1.29, 1.82) is 0 Å². The van der Waals surface area contributed by atoms with E-state index in [1.54, 1.807) is 11.7 Å². The first kappa shape index (κ1) is 20.9. The number of alkyl halides is 3. The molecule has 0 saturated carbocycles. The van der Waals surface area contributed by atoms with Gasteiger partial charge in [0.2, 0.25) is 5.88 Å². The number of carbonyl (C=O) groups excluding carboxylic acids is 1. The molecule has 0 unspecified atom stereocenters. The first-order valence-electron chi connectivity index (χ1n) is 9.74. The van der Waals surface area contributed by atoms with E-state index in [2.05, 4.69) is 15.1 Å². The number of hydrogen-bond acceptors (Lipinski definition) is 6. The number of benzene rings is 1. The highest BCUT2D eigenvalue weighted by atomic mass is 19.4. The van der Waals surface area contributed by atoms with Crippen LogP contribution in [0.3, 0.4) is 0 Å². The van der Waals surface area contributed by atoms with Crippen LogP contribution < -0.4 is 10.5 Å². The molecule has 0 spiro atoms. The van der Waals surface area contributed by atoms with Crippen LogP contribution in [0.5, 0.6) is 5.88 Å². The number of hydrogen-bond donors (Lipinski definition) is 1. The second-order valence-corrected chi connectivity index (χ2v) is 7.71. The third-order valence-corrected chi connectivity index (χ3v) is 5.73. The molecule has 1 atom stereocenters. The van der Waals surface area contributed by atoms with E-state index in [9.17, 15) is 22.4 Å². The summed E-state index contributed by atoms with van der Waals surface area (Å²) in [6.07, 6.45) is -3.09. The number of likely N-dealkylation sites (N-methyl/N-ethyl adjacent to an activating group) is 1. The van der Waals surface area contributed by atoms with Crippen molar-refractivity contribution in [1.82, 2.24) is 24.6 Å². The number of fused-ring (bicyclic) bond motifs is 4. The molecule has 12 heteroatoms. The number of nitrogen functional groups attached to an aromatic ring is 1.